The fourth-order valence-corrected chi connectivity index (χ4v) is 3.90. The van der Waals surface area contributed by atoms with Gasteiger partial charge in [-0.15, -0.1) is 0 Å². The van der Waals surface area contributed by atoms with Crippen molar-refractivity contribution in [3.63, 3.8) is 0 Å². The zero-order chi connectivity index (χ0) is 17.6. The molecule has 2 atom stereocenters. The topological polar surface area (TPSA) is 100 Å². The first-order chi connectivity index (χ1) is 12.2. The number of rotatable bonds is 5. The van der Waals surface area contributed by atoms with Gasteiger partial charge in [-0.3, -0.25) is 10.00 Å². The smallest absolute Gasteiger partial charge is 0.320 e. The van der Waals surface area contributed by atoms with Crippen LogP contribution < -0.4 is 16.0 Å². The lowest BCUT2D eigenvalue weighted by Crippen LogP contribution is -2.36. The van der Waals surface area contributed by atoms with Crippen molar-refractivity contribution in [3.05, 3.63) is 11.3 Å². The summed E-state index contributed by atoms with van der Waals surface area (Å²) in [5, 5.41) is 13.7. The van der Waals surface area contributed by atoms with E-state index in [0.29, 0.717) is 24.9 Å². The molecule has 25 heavy (non-hydrogen) atoms. The maximum atomic E-state index is 12.3. The number of urea groups is 1. The monoisotopic (exact) mass is 346 g/mol. The van der Waals surface area contributed by atoms with Crippen LogP contribution in [0.5, 0.6) is 0 Å². The minimum atomic E-state index is -0.190. The molecule has 1 saturated carbocycles. The fourth-order valence-electron chi connectivity index (χ4n) is 3.90. The molecular formula is C17H26N6O2. The number of aromatic nitrogens is 2. The number of nitrogens with zero attached hydrogens (tertiary/aromatic N) is 3. The van der Waals surface area contributed by atoms with Gasteiger partial charge in [0.1, 0.15) is 5.82 Å². The number of carbonyl (C=O) groups is 1. The van der Waals surface area contributed by atoms with E-state index >= 15 is 0 Å². The van der Waals surface area contributed by atoms with E-state index < -0.39 is 0 Å². The van der Waals surface area contributed by atoms with Crippen molar-refractivity contribution in [2.45, 2.75) is 38.6 Å². The Morgan fingerprint density at radius 2 is 2.28 bits per heavy atom. The summed E-state index contributed by atoms with van der Waals surface area (Å²) in [5.41, 5.74) is 2.13. The molecule has 0 spiro atoms. The molecule has 0 saturated heterocycles. The van der Waals surface area contributed by atoms with Crippen LogP contribution in [0.25, 0.3) is 0 Å². The third-order valence-electron chi connectivity index (χ3n) is 5.16. The van der Waals surface area contributed by atoms with E-state index in [1.807, 2.05) is 7.05 Å². The molecule has 8 heteroatoms. The fraction of sp³-hybridized carbons (Fsp3) is 0.706. The molecule has 0 bridgehead atoms. The Morgan fingerprint density at radius 1 is 1.44 bits per heavy atom. The summed E-state index contributed by atoms with van der Waals surface area (Å²) in [5.74, 6) is 1.63. The van der Waals surface area contributed by atoms with Gasteiger partial charge in [-0.05, 0) is 31.1 Å². The van der Waals surface area contributed by atoms with Crippen LogP contribution in [0.15, 0.2) is 4.99 Å². The number of fused-ring (bicyclic) bond motifs is 1. The first kappa shape index (κ1) is 17.6. The number of aliphatic imine (C=N–C) groups is 1. The summed E-state index contributed by atoms with van der Waals surface area (Å²) in [7, 11) is 1.85. The maximum Gasteiger partial charge on any atom is 0.320 e. The van der Waals surface area contributed by atoms with Crippen LogP contribution in [0, 0.1) is 11.8 Å². The number of carbonyl (C=O) groups excluding carboxylic acids is 2. The van der Waals surface area contributed by atoms with Crippen molar-refractivity contribution in [2.75, 3.05) is 25.0 Å². The zero-order valence-corrected chi connectivity index (χ0v) is 14.7. The second-order valence-corrected chi connectivity index (χ2v) is 6.99. The standard InChI is InChI=1S/C17H26N6O2/c1-23-16(14-10-18-6-5-15(14)22-23)21-17(25)20-9-13-4-2-3-12(7-13)8-19-11-24/h12-13,18H,2-10H2,1H3,(H2,20,21,25). The predicted octanol–water partition coefficient (Wildman–Crippen LogP) is 1.33. The van der Waals surface area contributed by atoms with E-state index in [1.54, 1.807) is 10.8 Å². The molecular weight excluding hydrogens is 320 g/mol. The molecule has 1 aromatic rings. The number of aryl methyl sites for hydroxylation is 1. The minimum Gasteiger partial charge on any atom is -0.338 e. The van der Waals surface area contributed by atoms with Gasteiger partial charge in [-0.2, -0.15) is 5.10 Å². The normalized spacial score (nSPS) is 22.6. The Hall–Kier alpha value is -2.18. The van der Waals surface area contributed by atoms with Crippen molar-refractivity contribution < 1.29 is 9.59 Å². The molecule has 1 fully saturated rings. The SMILES string of the molecule is Cn1nc2c(c1NC(=O)NCC1CCCC(CN=C=O)C1)CNCC2. The quantitative estimate of drug-likeness (QED) is 0.553. The van der Waals surface area contributed by atoms with Crippen LogP contribution >= 0.6 is 0 Å². The number of nitrogens with one attached hydrogen (secondary N) is 3. The highest BCUT2D eigenvalue weighted by Crippen LogP contribution is 2.29. The number of amides is 2. The third kappa shape index (κ3) is 4.46. The number of anilines is 1. The minimum absolute atomic E-state index is 0.190. The highest BCUT2D eigenvalue weighted by molar-refractivity contribution is 5.89. The Bertz CT molecular complexity index is 664. The second-order valence-electron chi connectivity index (χ2n) is 6.99. The third-order valence-corrected chi connectivity index (χ3v) is 5.16. The van der Waals surface area contributed by atoms with E-state index in [9.17, 15) is 9.59 Å². The first-order valence-electron chi connectivity index (χ1n) is 9.01. The largest absolute Gasteiger partial charge is 0.338 e. The van der Waals surface area contributed by atoms with Gasteiger partial charge >= 0.3 is 6.03 Å². The maximum absolute atomic E-state index is 12.3. The van der Waals surface area contributed by atoms with E-state index in [2.05, 4.69) is 26.0 Å². The molecule has 3 N–H and O–H groups in total. The summed E-state index contributed by atoms with van der Waals surface area (Å²) in [6.45, 7) is 2.86. The molecule has 2 aliphatic rings. The van der Waals surface area contributed by atoms with Gasteiger partial charge in [0.05, 0.1) is 12.2 Å². The van der Waals surface area contributed by atoms with Crippen LogP contribution in [0.1, 0.15) is 36.9 Å². The zero-order valence-electron chi connectivity index (χ0n) is 14.7. The van der Waals surface area contributed by atoms with Crippen LogP contribution in [0.2, 0.25) is 0 Å². The lowest BCUT2D eigenvalue weighted by atomic mass is 9.81. The summed E-state index contributed by atoms with van der Waals surface area (Å²) >= 11 is 0. The average Bonchev–Trinajstić information content (AvgIpc) is 2.94. The molecule has 1 aromatic heterocycles. The highest BCUT2D eigenvalue weighted by Gasteiger charge is 2.23. The number of hydrogen-bond donors (Lipinski definition) is 3. The number of isocyanates is 1. The van der Waals surface area contributed by atoms with Gasteiger partial charge in [-0.25, -0.2) is 14.6 Å². The molecule has 2 amide bonds. The molecule has 1 aliphatic heterocycles. The van der Waals surface area contributed by atoms with Gasteiger partial charge < -0.3 is 10.6 Å². The summed E-state index contributed by atoms with van der Waals surface area (Å²) < 4.78 is 1.74. The van der Waals surface area contributed by atoms with E-state index in [-0.39, 0.29) is 6.03 Å². The molecule has 3 rings (SSSR count). The Labute approximate surface area is 147 Å². The van der Waals surface area contributed by atoms with Crippen molar-refractivity contribution >= 4 is 17.9 Å². The van der Waals surface area contributed by atoms with Crippen molar-refractivity contribution in [2.24, 2.45) is 23.9 Å². The van der Waals surface area contributed by atoms with Gasteiger partial charge in [-0.1, -0.05) is 6.42 Å². The summed E-state index contributed by atoms with van der Waals surface area (Å²) in [4.78, 5) is 26.3. The van der Waals surface area contributed by atoms with Gasteiger partial charge in [0, 0.05) is 38.7 Å². The highest BCUT2D eigenvalue weighted by atomic mass is 16.2. The second kappa shape index (κ2) is 8.27. The number of hydrogen-bond acceptors (Lipinski definition) is 5. The first-order valence-corrected chi connectivity index (χ1v) is 9.01. The Morgan fingerprint density at radius 3 is 3.12 bits per heavy atom. The molecule has 8 nitrogen and oxygen atoms in total. The lowest BCUT2D eigenvalue weighted by molar-refractivity contribution is 0.239. The van der Waals surface area contributed by atoms with Gasteiger partial charge in [0.15, 0.2) is 0 Å². The Kier molecular flexibility index (Phi) is 5.83. The molecule has 0 radical (unpaired) electrons. The average molecular weight is 346 g/mol. The van der Waals surface area contributed by atoms with E-state index in [1.165, 1.54) is 0 Å². The van der Waals surface area contributed by atoms with E-state index in [0.717, 1.165) is 62.3 Å². The summed E-state index contributed by atoms with van der Waals surface area (Å²) in [6, 6.07) is -0.190. The molecule has 1 aliphatic carbocycles. The molecule has 0 aromatic carbocycles. The van der Waals surface area contributed by atoms with E-state index in [4.69, 9.17) is 0 Å². The summed E-state index contributed by atoms with van der Waals surface area (Å²) in [6.07, 6.45) is 6.82. The van der Waals surface area contributed by atoms with Crippen molar-refractivity contribution in [1.82, 2.24) is 20.4 Å². The van der Waals surface area contributed by atoms with Gasteiger partial charge in [0.25, 0.3) is 0 Å². The van der Waals surface area contributed by atoms with Crippen molar-refractivity contribution in [3.8, 4) is 0 Å². The van der Waals surface area contributed by atoms with Crippen LogP contribution in [0.3, 0.4) is 0 Å². The lowest BCUT2D eigenvalue weighted by Gasteiger charge is -2.28. The predicted molar refractivity (Wildman–Crippen MR) is 94.1 cm³/mol. The molecule has 2 unspecified atom stereocenters. The van der Waals surface area contributed by atoms with Crippen molar-refractivity contribution in [1.29, 1.82) is 0 Å². The Balaban J connectivity index is 1.50. The van der Waals surface area contributed by atoms with Gasteiger partial charge in [0.2, 0.25) is 6.08 Å². The van der Waals surface area contributed by atoms with Crippen LogP contribution in [0.4, 0.5) is 10.6 Å². The van der Waals surface area contributed by atoms with Crippen LogP contribution in [-0.4, -0.2) is 41.5 Å². The molecule has 136 valence electrons. The molecule has 2 heterocycles. The van der Waals surface area contributed by atoms with Crippen LogP contribution in [-0.2, 0) is 24.8 Å².